The molecule has 2 aromatic carbocycles. The van der Waals surface area contributed by atoms with Crippen molar-refractivity contribution in [1.82, 2.24) is 0 Å². The van der Waals surface area contributed by atoms with Gasteiger partial charge in [0.2, 0.25) is 0 Å². The molecule has 0 saturated heterocycles. The van der Waals surface area contributed by atoms with E-state index >= 15 is 0 Å². The Labute approximate surface area is 134 Å². The van der Waals surface area contributed by atoms with E-state index in [1.165, 1.54) is 18.2 Å². The van der Waals surface area contributed by atoms with Crippen LogP contribution in [0.1, 0.15) is 18.5 Å². The molecule has 2 N–H and O–H groups in total. The Kier molecular flexibility index (Phi) is 4.82. The molecule has 0 saturated carbocycles. The van der Waals surface area contributed by atoms with E-state index in [1.54, 1.807) is 6.07 Å². The summed E-state index contributed by atoms with van der Waals surface area (Å²) in [6.07, 6.45) is 0. The lowest BCUT2D eigenvalue weighted by molar-refractivity contribution is -0.384. The van der Waals surface area contributed by atoms with Gasteiger partial charge in [0.1, 0.15) is 16.5 Å². The second-order valence-electron chi connectivity index (χ2n) is 4.45. The zero-order valence-corrected chi connectivity index (χ0v) is 13.4. The Balaban J connectivity index is 2.26. The van der Waals surface area contributed by atoms with Crippen LogP contribution in [0, 0.1) is 10.1 Å². The average molecular weight is 372 g/mol. The van der Waals surface area contributed by atoms with Gasteiger partial charge >= 0.3 is 0 Å². The van der Waals surface area contributed by atoms with Gasteiger partial charge in [-0.05, 0) is 46.6 Å². The van der Waals surface area contributed by atoms with E-state index < -0.39 is 4.92 Å². The van der Waals surface area contributed by atoms with Crippen LogP contribution in [0.3, 0.4) is 0 Å². The molecule has 1 unspecified atom stereocenters. The molecule has 0 bridgehead atoms. The number of benzene rings is 2. The second kappa shape index (κ2) is 6.43. The van der Waals surface area contributed by atoms with E-state index in [-0.39, 0.29) is 16.8 Å². The molecule has 2 rings (SSSR count). The van der Waals surface area contributed by atoms with Crippen LogP contribution in [0.25, 0.3) is 0 Å². The number of rotatable bonds is 4. The SMILES string of the molecule is CC(N)c1ccc(Oc2ccc([N+](=O)[O-])c(Cl)c2)c(Br)c1. The largest absolute Gasteiger partial charge is 0.456 e. The van der Waals surface area contributed by atoms with Crippen molar-refractivity contribution in [3.63, 3.8) is 0 Å². The van der Waals surface area contributed by atoms with Crippen molar-refractivity contribution in [3.05, 3.63) is 61.6 Å². The summed E-state index contributed by atoms with van der Waals surface area (Å²) in [5.41, 5.74) is 6.62. The van der Waals surface area contributed by atoms with Gasteiger partial charge in [-0.2, -0.15) is 0 Å². The summed E-state index contributed by atoms with van der Waals surface area (Å²) >= 11 is 9.25. The van der Waals surface area contributed by atoms with Crippen molar-refractivity contribution in [2.24, 2.45) is 5.73 Å². The van der Waals surface area contributed by atoms with Crippen LogP contribution >= 0.6 is 27.5 Å². The minimum Gasteiger partial charge on any atom is -0.456 e. The summed E-state index contributed by atoms with van der Waals surface area (Å²) in [5, 5.41) is 10.7. The third-order valence-electron chi connectivity index (χ3n) is 2.83. The molecule has 2 aromatic rings. The zero-order valence-electron chi connectivity index (χ0n) is 11.0. The van der Waals surface area contributed by atoms with Gasteiger partial charge in [-0.25, -0.2) is 0 Å². The fourth-order valence-corrected chi connectivity index (χ4v) is 2.43. The minimum atomic E-state index is -0.542. The molecule has 0 aromatic heterocycles. The maximum Gasteiger partial charge on any atom is 0.288 e. The Morgan fingerprint density at radius 1 is 1.33 bits per heavy atom. The first kappa shape index (κ1) is 15.8. The van der Waals surface area contributed by atoms with Crippen molar-refractivity contribution >= 4 is 33.2 Å². The summed E-state index contributed by atoms with van der Waals surface area (Å²) in [7, 11) is 0. The molecule has 0 spiro atoms. The topological polar surface area (TPSA) is 78.4 Å². The van der Waals surface area contributed by atoms with Crippen LogP contribution in [-0.4, -0.2) is 4.92 Å². The summed E-state index contributed by atoms with van der Waals surface area (Å²) in [4.78, 5) is 10.2. The van der Waals surface area contributed by atoms with Gasteiger partial charge in [0.15, 0.2) is 0 Å². The van der Waals surface area contributed by atoms with Gasteiger partial charge in [-0.3, -0.25) is 10.1 Å². The van der Waals surface area contributed by atoms with Gasteiger partial charge in [0.05, 0.1) is 9.40 Å². The Morgan fingerprint density at radius 3 is 2.57 bits per heavy atom. The van der Waals surface area contributed by atoms with Crippen molar-refractivity contribution in [3.8, 4) is 11.5 Å². The molecular formula is C14H12BrClN2O3. The number of ether oxygens (including phenoxy) is 1. The highest BCUT2D eigenvalue weighted by atomic mass is 79.9. The third kappa shape index (κ3) is 3.72. The predicted octanol–water partition coefficient (Wildman–Crippen LogP) is 4.82. The Morgan fingerprint density at radius 2 is 2.05 bits per heavy atom. The van der Waals surface area contributed by atoms with Gasteiger partial charge in [-0.15, -0.1) is 0 Å². The van der Waals surface area contributed by atoms with Crippen molar-refractivity contribution in [2.75, 3.05) is 0 Å². The lowest BCUT2D eigenvalue weighted by atomic mass is 10.1. The van der Waals surface area contributed by atoms with Crippen LogP contribution in [0.2, 0.25) is 5.02 Å². The number of nitrogens with zero attached hydrogens (tertiary/aromatic N) is 1. The Hall–Kier alpha value is -1.63. The second-order valence-corrected chi connectivity index (χ2v) is 5.71. The van der Waals surface area contributed by atoms with E-state index in [0.717, 1.165) is 10.0 Å². The van der Waals surface area contributed by atoms with E-state index in [9.17, 15) is 10.1 Å². The first-order chi connectivity index (χ1) is 9.88. The van der Waals surface area contributed by atoms with Gasteiger partial charge in [0, 0.05) is 18.2 Å². The number of nitrogens with two attached hydrogens (primary N) is 1. The quantitative estimate of drug-likeness (QED) is 0.617. The van der Waals surface area contributed by atoms with E-state index in [0.29, 0.717) is 11.5 Å². The maximum absolute atomic E-state index is 10.7. The number of hydrogen-bond donors (Lipinski definition) is 1. The highest BCUT2D eigenvalue weighted by molar-refractivity contribution is 9.10. The van der Waals surface area contributed by atoms with Gasteiger partial charge in [0.25, 0.3) is 5.69 Å². The molecule has 0 aliphatic heterocycles. The molecule has 0 heterocycles. The molecule has 5 nitrogen and oxygen atoms in total. The summed E-state index contributed by atoms with van der Waals surface area (Å²) in [6, 6.07) is 9.64. The molecule has 1 atom stereocenters. The first-order valence-electron chi connectivity index (χ1n) is 6.05. The molecule has 0 radical (unpaired) electrons. The summed E-state index contributed by atoms with van der Waals surface area (Å²) in [6.45, 7) is 1.89. The molecule has 0 aliphatic carbocycles. The molecule has 0 amide bonds. The monoisotopic (exact) mass is 370 g/mol. The van der Waals surface area contributed by atoms with Gasteiger partial charge < -0.3 is 10.5 Å². The van der Waals surface area contributed by atoms with Crippen molar-refractivity contribution in [2.45, 2.75) is 13.0 Å². The maximum atomic E-state index is 10.7. The lowest BCUT2D eigenvalue weighted by Gasteiger charge is -2.11. The fourth-order valence-electron chi connectivity index (χ4n) is 1.71. The van der Waals surface area contributed by atoms with Crippen molar-refractivity contribution in [1.29, 1.82) is 0 Å². The smallest absolute Gasteiger partial charge is 0.288 e. The van der Waals surface area contributed by atoms with Crippen LogP contribution < -0.4 is 10.5 Å². The molecule has 0 fully saturated rings. The van der Waals surface area contributed by atoms with Crippen molar-refractivity contribution < 1.29 is 9.66 Å². The highest BCUT2D eigenvalue weighted by Crippen LogP contribution is 2.34. The molecule has 0 aliphatic rings. The predicted molar refractivity (Wildman–Crippen MR) is 84.9 cm³/mol. The standard InChI is InChI=1S/C14H12BrClN2O3/c1-8(17)9-2-5-14(11(15)6-9)21-10-3-4-13(18(19)20)12(16)7-10/h2-8H,17H2,1H3. The first-order valence-corrected chi connectivity index (χ1v) is 7.22. The number of nitro groups is 1. The highest BCUT2D eigenvalue weighted by Gasteiger charge is 2.13. The number of halogens is 2. The average Bonchev–Trinajstić information content (AvgIpc) is 2.40. The van der Waals surface area contributed by atoms with Crippen LogP contribution in [0.5, 0.6) is 11.5 Å². The molecule has 7 heteroatoms. The summed E-state index contributed by atoms with van der Waals surface area (Å²) in [5.74, 6) is 0.990. The fraction of sp³-hybridized carbons (Fsp3) is 0.143. The zero-order chi connectivity index (χ0) is 15.6. The van der Waals surface area contributed by atoms with Crippen LogP contribution in [0.15, 0.2) is 40.9 Å². The number of hydrogen-bond acceptors (Lipinski definition) is 4. The summed E-state index contributed by atoms with van der Waals surface area (Å²) < 4.78 is 6.41. The minimum absolute atomic E-state index is 0.0285. The normalized spacial score (nSPS) is 12.0. The third-order valence-corrected chi connectivity index (χ3v) is 3.75. The lowest BCUT2D eigenvalue weighted by Crippen LogP contribution is -2.04. The molecular weight excluding hydrogens is 360 g/mol. The van der Waals surface area contributed by atoms with Crippen LogP contribution in [-0.2, 0) is 0 Å². The van der Waals surface area contributed by atoms with E-state index in [4.69, 9.17) is 22.1 Å². The Bertz CT molecular complexity index is 692. The van der Waals surface area contributed by atoms with Gasteiger partial charge in [-0.1, -0.05) is 17.7 Å². The number of nitro benzene ring substituents is 1. The van der Waals surface area contributed by atoms with E-state index in [2.05, 4.69) is 15.9 Å². The molecule has 21 heavy (non-hydrogen) atoms. The van der Waals surface area contributed by atoms with Crippen LogP contribution in [0.4, 0.5) is 5.69 Å². The van der Waals surface area contributed by atoms with E-state index in [1.807, 2.05) is 19.1 Å². The molecule has 110 valence electrons.